The summed E-state index contributed by atoms with van der Waals surface area (Å²) in [6.45, 7) is 4.10. The number of carbonyl (C=O) groups excluding carboxylic acids is 1. The standard InChI is InChI=1S/C53H107NO5/c1-3-5-7-9-11-13-15-17-19-21-23-25-27-28-30-32-34-36-38-40-42-44-46-50(56)52(58)49(48-55)54-53(59)51(57)47-45-43-41-39-37-35-33-31-29-26-24-22-20-18-16-14-12-10-8-6-4-2/h49-52,55-58H,3-48H2,1-2H3,(H,54,59). The van der Waals surface area contributed by atoms with E-state index in [1.165, 1.54) is 238 Å². The van der Waals surface area contributed by atoms with Crippen molar-refractivity contribution < 1.29 is 25.2 Å². The molecule has 0 aliphatic rings. The Morgan fingerprint density at radius 3 is 0.814 bits per heavy atom. The predicted octanol–water partition coefficient (Wildman–Crippen LogP) is 15.1. The second-order valence-electron chi connectivity index (χ2n) is 18.9. The van der Waals surface area contributed by atoms with Crippen LogP contribution in [0.5, 0.6) is 0 Å². The number of nitrogens with one attached hydrogen (secondary N) is 1. The lowest BCUT2D eigenvalue weighted by Gasteiger charge is -2.27. The van der Waals surface area contributed by atoms with Crippen LogP contribution in [0.3, 0.4) is 0 Å². The van der Waals surface area contributed by atoms with Gasteiger partial charge in [-0.05, 0) is 12.8 Å². The molecular weight excluding hydrogens is 731 g/mol. The second kappa shape index (κ2) is 48.3. The third kappa shape index (κ3) is 42.4. The van der Waals surface area contributed by atoms with E-state index in [-0.39, 0.29) is 0 Å². The zero-order valence-electron chi connectivity index (χ0n) is 40.0. The molecule has 0 aliphatic carbocycles. The summed E-state index contributed by atoms with van der Waals surface area (Å²) in [5, 5.41) is 44.0. The average Bonchev–Trinajstić information content (AvgIpc) is 3.24. The van der Waals surface area contributed by atoms with E-state index in [2.05, 4.69) is 19.2 Å². The second-order valence-corrected chi connectivity index (χ2v) is 18.9. The minimum Gasteiger partial charge on any atom is -0.394 e. The number of hydrogen-bond acceptors (Lipinski definition) is 5. The molecule has 1 amide bonds. The fourth-order valence-electron chi connectivity index (χ4n) is 8.82. The summed E-state index contributed by atoms with van der Waals surface area (Å²) in [5.41, 5.74) is 0. The topological polar surface area (TPSA) is 110 Å². The summed E-state index contributed by atoms with van der Waals surface area (Å²) >= 11 is 0. The molecule has 0 aliphatic heterocycles. The summed E-state index contributed by atoms with van der Waals surface area (Å²) in [6, 6.07) is -0.980. The molecule has 0 rings (SSSR count). The van der Waals surface area contributed by atoms with Crippen LogP contribution < -0.4 is 5.32 Å². The fraction of sp³-hybridized carbons (Fsp3) is 0.981. The highest BCUT2D eigenvalue weighted by Crippen LogP contribution is 2.18. The third-order valence-corrected chi connectivity index (χ3v) is 13.1. The third-order valence-electron chi connectivity index (χ3n) is 13.1. The van der Waals surface area contributed by atoms with Crippen molar-refractivity contribution in [3.8, 4) is 0 Å². The molecule has 0 aromatic heterocycles. The van der Waals surface area contributed by atoms with Crippen LogP contribution in [0, 0.1) is 0 Å². The average molecular weight is 838 g/mol. The SMILES string of the molecule is CCCCCCCCCCCCCCCCCCCCCCCCC(O)C(O)C(CO)NC(=O)C(O)CCCCCCCCCCCCCCCCCCCCCCC. The van der Waals surface area contributed by atoms with E-state index in [0.717, 1.165) is 38.5 Å². The van der Waals surface area contributed by atoms with E-state index >= 15 is 0 Å². The number of unbranched alkanes of at least 4 members (excludes halogenated alkanes) is 41. The zero-order chi connectivity index (χ0) is 43.1. The highest BCUT2D eigenvalue weighted by atomic mass is 16.3. The quantitative estimate of drug-likeness (QED) is 0.0392. The van der Waals surface area contributed by atoms with Gasteiger partial charge in [-0.1, -0.05) is 290 Å². The van der Waals surface area contributed by atoms with Gasteiger partial charge in [0.15, 0.2) is 0 Å². The Morgan fingerprint density at radius 2 is 0.576 bits per heavy atom. The minimum atomic E-state index is -1.25. The molecule has 0 aromatic rings. The lowest BCUT2D eigenvalue weighted by atomic mass is 9.99. The molecule has 0 aromatic carbocycles. The van der Waals surface area contributed by atoms with Gasteiger partial charge in [0.2, 0.25) is 5.91 Å². The van der Waals surface area contributed by atoms with Crippen molar-refractivity contribution in [2.75, 3.05) is 6.61 Å². The predicted molar refractivity (Wildman–Crippen MR) is 256 cm³/mol. The van der Waals surface area contributed by atoms with Crippen molar-refractivity contribution in [3.63, 3.8) is 0 Å². The Bertz CT molecular complexity index is 811. The van der Waals surface area contributed by atoms with E-state index in [4.69, 9.17) is 0 Å². The first-order chi connectivity index (χ1) is 29.0. The summed E-state index contributed by atoms with van der Waals surface area (Å²) in [4.78, 5) is 12.6. The molecule has 4 unspecified atom stereocenters. The van der Waals surface area contributed by atoms with Gasteiger partial charge in [-0.25, -0.2) is 0 Å². The van der Waals surface area contributed by atoms with Gasteiger partial charge in [-0.15, -0.1) is 0 Å². The van der Waals surface area contributed by atoms with Crippen molar-refractivity contribution >= 4 is 5.91 Å². The Hall–Kier alpha value is -0.690. The molecule has 5 N–H and O–H groups in total. The van der Waals surface area contributed by atoms with Crippen molar-refractivity contribution in [3.05, 3.63) is 0 Å². The molecule has 6 heteroatoms. The lowest BCUT2D eigenvalue weighted by Crippen LogP contribution is -2.53. The number of amides is 1. The van der Waals surface area contributed by atoms with Gasteiger partial charge in [0.1, 0.15) is 12.2 Å². The smallest absolute Gasteiger partial charge is 0.249 e. The first kappa shape index (κ1) is 58.3. The first-order valence-corrected chi connectivity index (χ1v) is 26.9. The number of hydrogen-bond donors (Lipinski definition) is 5. The molecular formula is C53H107NO5. The molecule has 354 valence electrons. The van der Waals surface area contributed by atoms with E-state index in [1.807, 2.05) is 0 Å². The Labute approximate surface area is 369 Å². The van der Waals surface area contributed by atoms with E-state index in [9.17, 15) is 25.2 Å². The maximum absolute atomic E-state index is 12.6. The highest BCUT2D eigenvalue weighted by molar-refractivity contribution is 5.80. The van der Waals surface area contributed by atoms with Gasteiger partial charge < -0.3 is 25.7 Å². The first-order valence-electron chi connectivity index (χ1n) is 26.9. The van der Waals surface area contributed by atoms with Crippen molar-refractivity contribution in [1.82, 2.24) is 5.32 Å². The van der Waals surface area contributed by atoms with Gasteiger partial charge in [0.05, 0.1) is 18.8 Å². The van der Waals surface area contributed by atoms with Crippen LogP contribution in [-0.4, -0.2) is 57.3 Å². The normalized spacial score (nSPS) is 13.8. The molecule has 0 heterocycles. The molecule has 4 atom stereocenters. The largest absolute Gasteiger partial charge is 0.394 e. The van der Waals surface area contributed by atoms with Crippen LogP contribution in [0.4, 0.5) is 0 Å². The minimum absolute atomic E-state index is 0.376. The maximum atomic E-state index is 12.6. The molecule has 6 nitrogen and oxygen atoms in total. The number of carbonyl (C=O) groups is 1. The highest BCUT2D eigenvalue weighted by Gasteiger charge is 2.28. The number of aliphatic hydroxyl groups excluding tert-OH is 4. The van der Waals surface area contributed by atoms with Gasteiger partial charge in [-0.3, -0.25) is 4.79 Å². The molecule has 0 bridgehead atoms. The number of rotatable bonds is 50. The van der Waals surface area contributed by atoms with Crippen LogP contribution in [0.1, 0.15) is 303 Å². The fourth-order valence-corrected chi connectivity index (χ4v) is 8.82. The van der Waals surface area contributed by atoms with Crippen LogP contribution >= 0.6 is 0 Å². The van der Waals surface area contributed by atoms with E-state index < -0.39 is 36.9 Å². The van der Waals surface area contributed by atoms with Crippen molar-refractivity contribution in [1.29, 1.82) is 0 Å². The van der Waals surface area contributed by atoms with Crippen LogP contribution in [0.2, 0.25) is 0 Å². The van der Waals surface area contributed by atoms with Crippen molar-refractivity contribution in [2.24, 2.45) is 0 Å². The van der Waals surface area contributed by atoms with Crippen LogP contribution in [-0.2, 0) is 4.79 Å². The monoisotopic (exact) mass is 838 g/mol. The van der Waals surface area contributed by atoms with E-state index in [1.54, 1.807) is 0 Å². The summed E-state index contributed by atoms with van der Waals surface area (Å²) in [6.07, 6.45) is 54.4. The van der Waals surface area contributed by atoms with Gasteiger partial charge in [0, 0.05) is 0 Å². The summed E-state index contributed by atoms with van der Waals surface area (Å²) in [5.74, 6) is -0.576. The van der Waals surface area contributed by atoms with E-state index in [0.29, 0.717) is 12.8 Å². The van der Waals surface area contributed by atoms with Crippen LogP contribution in [0.15, 0.2) is 0 Å². The Morgan fingerprint density at radius 1 is 0.356 bits per heavy atom. The van der Waals surface area contributed by atoms with Gasteiger partial charge >= 0.3 is 0 Å². The molecule has 59 heavy (non-hydrogen) atoms. The lowest BCUT2D eigenvalue weighted by molar-refractivity contribution is -0.132. The molecule has 0 radical (unpaired) electrons. The summed E-state index contributed by atoms with van der Waals surface area (Å²) < 4.78 is 0. The maximum Gasteiger partial charge on any atom is 0.249 e. The number of aliphatic hydroxyl groups is 4. The summed E-state index contributed by atoms with van der Waals surface area (Å²) in [7, 11) is 0. The zero-order valence-corrected chi connectivity index (χ0v) is 40.0. The molecule has 0 spiro atoms. The Kier molecular flexibility index (Phi) is 47.8. The van der Waals surface area contributed by atoms with Crippen LogP contribution in [0.25, 0.3) is 0 Å². The van der Waals surface area contributed by atoms with Crippen molar-refractivity contribution in [2.45, 2.75) is 327 Å². The van der Waals surface area contributed by atoms with Gasteiger partial charge in [0.25, 0.3) is 0 Å². The molecule has 0 saturated carbocycles. The Balaban J connectivity index is 3.61. The molecule has 0 saturated heterocycles. The molecule has 0 fully saturated rings. The van der Waals surface area contributed by atoms with Gasteiger partial charge in [-0.2, -0.15) is 0 Å².